The first-order valence-corrected chi connectivity index (χ1v) is 11.6. The Hall–Kier alpha value is -2.45. The molecule has 2 aromatic carbocycles. The molecule has 3 aromatic rings. The number of hydrogen-bond donors (Lipinski definition) is 0. The number of carbonyl (C=O) groups excluding carboxylic acids is 1. The van der Waals surface area contributed by atoms with Crippen LogP contribution >= 0.6 is 27.7 Å². The van der Waals surface area contributed by atoms with Gasteiger partial charge in [-0.15, -0.1) is 10.2 Å². The second kappa shape index (κ2) is 9.14. The number of aromatic nitrogens is 3. The lowest BCUT2D eigenvalue weighted by Crippen LogP contribution is -2.37. The molecule has 4 rings (SSSR count). The predicted octanol–water partition coefficient (Wildman–Crippen LogP) is 5.64. The van der Waals surface area contributed by atoms with Crippen LogP contribution < -0.4 is 9.64 Å². The number of hydrogen-bond acceptors (Lipinski definition) is 6. The standard InChI is InChI=1S/C22H21BrN4O2S/c1-3-9-18(28)27-17-13-8-6-11-15(17)19-20(24-22(26-25-19)30-4-2)29-21(27)14-10-5-7-12-16(14)23/h5-8,10-13,21H,3-4,9H2,1-2H3/t21-/m0/s1. The topological polar surface area (TPSA) is 68.2 Å². The third-order valence-corrected chi connectivity index (χ3v) is 6.13. The summed E-state index contributed by atoms with van der Waals surface area (Å²) in [5.41, 5.74) is 2.89. The van der Waals surface area contributed by atoms with E-state index in [0.717, 1.165) is 33.5 Å². The van der Waals surface area contributed by atoms with Crippen molar-refractivity contribution in [2.24, 2.45) is 0 Å². The van der Waals surface area contributed by atoms with E-state index in [1.807, 2.05) is 62.4 Å². The Morgan fingerprint density at radius 2 is 1.90 bits per heavy atom. The average molecular weight is 485 g/mol. The number of para-hydroxylation sites is 1. The van der Waals surface area contributed by atoms with Crippen LogP contribution in [0.2, 0.25) is 0 Å². The van der Waals surface area contributed by atoms with Crippen molar-refractivity contribution in [3.63, 3.8) is 0 Å². The molecule has 8 heteroatoms. The highest BCUT2D eigenvalue weighted by molar-refractivity contribution is 9.10. The molecule has 0 bridgehead atoms. The third kappa shape index (κ3) is 3.94. The molecule has 1 amide bonds. The van der Waals surface area contributed by atoms with Crippen LogP contribution in [0, 0.1) is 0 Å². The normalized spacial score (nSPS) is 15.0. The van der Waals surface area contributed by atoms with Crippen molar-refractivity contribution in [2.45, 2.75) is 38.1 Å². The number of amides is 1. The van der Waals surface area contributed by atoms with Crippen molar-refractivity contribution in [3.05, 3.63) is 58.6 Å². The fraction of sp³-hybridized carbons (Fsp3) is 0.273. The summed E-state index contributed by atoms with van der Waals surface area (Å²) in [5.74, 6) is 1.18. The van der Waals surface area contributed by atoms with E-state index in [1.54, 1.807) is 4.90 Å². The summed E-state index contributed by atoms with van der Waals surface area (Å²) in [5, 5.41) is 9.22. The van der Waals surface area contributed by atoms with Gasteiger partial charge in [0.2, 0.25) is 23.2 Å². The minimum Gasteiger partial charge on any atom is -0.447 e. The predicted molar refractivity (Wildman–Crippen MR) is 122 cm³/mol. The van der Waals surface area contributed by atoms with Crippen LogP contribution in [0.1, 0.15) is 38.5 Å². The highest BCUT2D eigenvalue weighted by atomic mass is 79.9. The smallest absolute Gasteiger partial charge is 0.247 e. The molecule has 0 radical (unpaired) electrons. The molecular formula is C22H21BrN4O2S. The summed E-state index contributed by atoms with van der Waals surface area (Å²) < 4.78 is 7.28. The van der Waals surface area contributed by atoms with Gasteiger partial charge < -0.3 is 4.74 Å². The van der Waals surface area contributed by atoms with Crippen LogP contribution in [0.15, 0.2) is 58.2 Å². The summed E-state index contributed by atoms with van der Waals surface area (Å²) in [7, 11) is 0. The third-order valence-electron chi connectivity index (χ3n) is 4.69. The van der Waals surface area contributed by atoms with E-state index in [9.17, 15) is 4.79 Å². The highest BCUT2D eigenvalue weighted by Crippen LogP contribution is 2.44. The first-order valence-electron chi connectivity index (χ1n) is 9.84. The molecule has 154 valence electrons. The number of nitrogens with zero attached hydrogens (tertiary/aromatic N) is 4. The van der Waals surface area contributed by atoms with Crippen molar-refractivity contribution < 1.29 is 9.53 Å². The van der Waals surface area contributed by atoms with E-state index < -0.39 is 6.23 Å². The second-order valence-electron chi connectivity index (χ2n) is 6.70. The van der Waals surface area contributed by atoms with Crippen molar-refractivity contribution >= 4 is 39.3 Å². The Morgan fingerprint density at radius 3 is 2.67 bits per heavy atom. The van der Waals surface area contributed by atoms with Crippen LogP contribution in [0.25, 0.3) is 11.3 Å². The van der Waals surface area contributed by atoms with Crippen LogP contribution in [-0.2, 0) is 4.79 Å². The minimum absolute atomic E-state index is 0.0189. The van der Waals surface area contributed by atoms with Gasteiger partial charge in [0.15, 0.2) is 5.69 Å². The van der Waals surface area contributed by atoms with Gasteiger partial charge in [-0.1, -0.05) is 77.9 Å². The number of benzene rings is 2. The van der Waals surface area contributed by atoms with E-state index in [0.29, 0.717) is 23.2 Å². The number of halogens is 1. The number of ether oxygens (including phenoxy) is 1. The van der Waals surface area contributed by atoms with E-state index >= 15 is 0 Å². The summed E-state index contributed by atoms with van der Waals surface area (Å²) in [6.45, 7) is 4.02. The number of carbonyl (C=O) groups is 1. The molecule has 1 aromatic heterocycles. The van der Waals surface area contributed by atoms with E-state index in [2.05, 4.69) is 31.1 Å². The molecule has 0 unspecified atom stereocenters. The van der Waals surface area contributed by atoms with Gasteiger partial charge >= 0.3 is 0 Å². The Balaban J connectivity index is 1.95. The van der Waals surface area contributed by atoms with E-state index in [4.69, 9.17) is 4.74 Å². The van der Waals surface area contributed by atoms with Gasteiger partial charge in [-0.05, 0) is 24.3 Å². The summed E-state index contributed by atoms with van der Waals surface area (Å²) in [4.78, 5) is 19.6. The fourth-order valence-electron chi connectivity index (χ4n) is 3.39. The lowest BCUT2D eigenvalue weighted by atomic mass is 10.1. The number of anilines is 1. The zero-order chi connectivity index (χ0) is 21.1. The summed E-state index contributed by atoms with van der Waals surface area (Å²) in [6, 6.07) is 15.4. The lowest BCUT2D eigenvalue weighted by Gasteiger charge is -2.31. The Kier molecular flexibility index (Phi) is 6.34. The van der Waals surface area contributed by atoms with Gasteiger partial charge in [0.05, 0.1) is 5.69 Å². The van der Waals surface area contributed by atoms with Crippen LogP contribution in [0.5, 0.6) is 5.88 Å². The highest BCUT2D eigenvalue weighted by Gasteiger charge is 2.36. The van der Waals surface area contributed by atoms with Crippen molar-refractivity contribution in [1.82, 2.24) is 15.2 Å². The molecule has 0 saturated heterocycles. The number of fused-ring (bicyclic) bond motifs is 3. The molecule has 6 nitrogen and oxygen atoms in total. The van der Waals surface area contributed by atoms with Gasteiger partial charge in [-0.2, -0.15) is 4.98 Å². The van der Waals surface area contributed by atoms with Crippen LogP contribution in [0.3, 0.4) is 0 Å². The molecule has 0 saturated carbocycles. The molecule has 1 aliphatic heterocycles. The fourth-order valence-corrected chi connectivity index (χ4v) is 4.37. The quantitative estimate of drug-likeness (QED) is 0.436. The number of thioether (sulfide) groups is 1. The van der Waals surface area contributed by atoms with Gasteiger partial charge in [-0.3, -0.25) is 9.69 Å². The average Bonchev–Trinajstić information content (AvgIpc) is 2.89. The Bertz CT molecular complexity index is 1080. The van der Waals surface area contributed by atoms with Crippen LogP contribution in [-0.4, -0.2) is 26.8 Å². The summed E-state index contributed by atoms with van der Waals surface area (Å²) >= 11 is 5.12. The molecule has 2 heterocycles. The van der Waals surface area contributed by atoms with Gasteiger partial charge in [-0.25, -0.2) is 0 Å². The van der Waals surface area contributed by atoms with Gasteiger partial charge in [0.1, 0.15) is 0 Å². The number of rotatable bonds is 5. The van der Waals surface area contributed by atoms with Crippen molar-refractivity contribution in [3.8, 4) is 17.1 Å². The Labute approximate surface area is 188 Å². The molecular weight excluding hydrogens is 464 g/mol. The van der Waals surface area contributed by atoms with Gasteiger partial charge in [0.25, 0.3) is 0 Å². The van der Waals surface area contributed by atoms with Crippen LogP contribution in [0.4, 0.5) is 5.69 Å². The molecule has 0 N–H and O–H groups in total. The van der Waals surface area contributed by atoms with E-state index in [1.165, 1.54) is 11.8 Å². The summed E-state index contributed by atoms with van der Waals surface area (Å²) in [6.07, 6.45) is 0.464. The maximum Gasteiger partial charge on any atom is 0.247 e. The minimum atomic E-state index is -0.682. The monoisotopic (exact) mass is 484 g/mol. The molecule has 0 aliphatic carbocycles. The van der Waals surface area contributed by atoms with Crippen molar-refractivity contribution in [2.75, 3.05) is 10.7 Å². The molecule has 0 fully saturated rings. The second-order valence-corrected chi connectivity index (χ2v) is 8.79. The first-order chi connectivity index (χ1) is 14.6. The molecule has 0 spiro atoms. The SMILES string of the molecule is CCCC(=O)N1c2ccccc2-c2nnc(SCC)nc2O[C@H]1c1ccccc1Br. The molecule has 1 aliphatic rings. The zero-order valence-electron chi connectivity index (χ0n) is 16.7. The maximum absolute atomic E-state index is 13.3. The van der Waals surface area contributed by atoms with Crippen molar-refractivity contribution in [1.29, 1.82) is 0 Å². The zero-order valence-corrected chi connectivity index (χ0v) is 19.1. The largest absolute Gasteiger partial charge is 0.447 e. The molecule has 30 heavy (non-hydrogen) atoms. The molecule has 1 atom stereocenters. The Morgan fingerprint density at radius 1 is 1.13 bits per heavy atom. The van der Waals surface area contributed by atoms with E-state index in [-0.39, 0.29) is 5.91 Å². The van der Waals surface area contributed by atoms with Gasteiger partial charge in [0, 0.05) is 22.0 Å². The first kappa shape index (κ1) is 20.8. The maximum atomic E-state index is 13.3. The lowest BCUT2D eigenvalue weighted by molar-refractivity contribution is -0.120.